The van der Waals surface area contributed by atoms with Gasteiger partial charge in [-0.3, -0.25) is 9.69 Å². The summed E-state index contributed by atoms with van der Waals surface area (Å²) in [6.07, 6.45) is 2.69. The van der Waals surface area contributed by atoms with Gasteiger partial charge in [0.2, 0.25) is 0 Å². The maximum absolute atomic E-state index is 10.7. The molecule has 1 heterocycles. The van der Waals surface area contributed by atoms with E-state index in [9.17, 15) is 4.79 Å². The van der Waals surface area contributed by atoms with Gasteiger partial charge in [0.05, 0.1) is 0 Å². The second-order valence-corrected chi connectivity index (χ2v) is 3.17. The summed E-state index contributed by atoms with van der Waals surface area (Å²) in [5.41, 5.74) is 5.35. The number of rotatable bonds is 4. The molecule has 0 aliphatic carbocycles. The predicted octanol–water partition coefficient (Wildman–Crippen LogP) is -0.116. The molecule has 1 atom stereocenters. The van der Waals surface area contributed by atoms with Crippen molar-refractivity contribution in [2.45, 2.75) is 25.3 Å². The molecular weight excluding hydrogens is 156 g/mol. The molecule has 0 radical (unpaired) electrons. The molecule has 0 amide bonds. The van der Waals surface area contributed by atoms with Crippen LogP contribution in [0.15, 0.2) is 0 Å². The normalized spacial score (nSPS) is 24.6. The molecule has 1 aliphatic rings. The summed E-state index contributed by atoms with van der Waals surface area (Å²) in [6.45, 7) is 2.38. The van der Waals surface area contributed by atoms with Crippen molar-refractivity contribution in [1.82, 2.24) is 4.90 Å². The quantitative estimate of drug-likeness (QED) is 0.620. The van der Waals surface area contributed by atoms with Crippen LogP contribution in [0.25, 0.3) is 0 Å². The van der Waals surface area contributed by atoms with Crippen molar-refractivity contribution in [1.29, 1.82) is 0 Å². The molecule has 4 nitrogen and oxygen atoms in total. The molecule has 0 aromatic heterocycles. The van der Waals surface area contributed by atoms with Crippen LogP contribution < -0.4 is 5.73 Å². The van der Waals surface area contributed by atoms with E-state index < -0.39 is 5.97 Å². The first-order valence-electron chi connectivity index (χ1n) is 4.42. The minimum absolute atomic E-state index is 0.253. The molecule has 1 saturated heterocycles. The summed E-state index contributed by atoms with van der Waals surface area (Å²) >= 11 is 0. The molecule has 4 heteroatoms. The smallest absolute Gasteiger partial charge is 0.320 e. The van der Waals surface area contributed by atoms with Gasteiger partial charge in [0.1, 0.15) is 6.04 Å². The Morgan fingerprint density at radius 3 is 3.00 bits per heavy atom. The van der Waals surface area contributed by atoms with Gasteiger partial charge in [-0.15, -0.1) is 0 Å². The Morgan fingerprint density at radius 1 is 1.67 bits per heavy atom. The predicted molar refractivity (Wildman–Crippen MR) is 45.9 cm³/mol. The van der Waals surface area contributed by atoms with E-state index in [4.69, 9.17) is 10.8 Å². The molecule has 12 heavy (non-hydrogen) atoms. The third kappa shape index (κ3) is 2.19. The second-order valence-electron chi connectivity index (χ2n) is 3.17. The van der Waals surface area contributed by atoms with Gasteiger partial charge in [0.15, 0.2) is 0 Å². The summed E-state index contributed by atoms with van der Waals surface area (Å²) in [7, 11) is 0. The lowest BCUT2D eigenvalue weighted by Gasteiger charge is -2.20. The fraction of sp³-hybridized carbons (Fsp3) is 0.875. The highest BCUT2D eigenvalue weighted by molar-refractivity contribution is 5.73. The minimum Gasteiger partial charge on any atom is -0.480 e. The summed E-state index contributed by atoms with van der Waals surface area (Å²) in [6, 6.07) is -0.253. The topological polar surface area (TPSA) is 66.6 Å². The fourth-order valence-electron chi connectivity index (χ4n) is 1.67. The van der Waals surface area contributed by atoms with Gasteiger partial charge in [-0.2, -0.15) is 0 Å². The Hall–Kier alpha value is -0.610. The second kappa shape index (κ2) is 4.42. The fourth-order valence-corrected chi connectivity index (χ4v) is 1.67. The van der Waals surface area contributed by atoms with Gasteiger partial charge in [-0.1, -0.05) is 0 Å². The average Bonchev–Trinajstić information content (AvgIpc) is 2.48. The van der Waals surface area contributed by atoms with Gasteiger partial charge in [-0.25, -0.2) is 0 Å². The molecule has 1 aliphatic heterocycles. The molecule has 0 bridgehead atoms. The Bertz CT molecular complexity index is 161. The lowest BCUT2D eigenvalue weighted by Crippen LogP contribution is -2.37. The number of likely N-dealkylation sites (tertiary alicyclic amines) is 1. The molecule has 0 saturated carbocycles. The number of hydrogen-bond donors (Lipinski definition) is 2. The van der Waals surface area contributed by atoms with Crippen molar-refractivity contribution in [2.75, 3.05) is 19.6 Å². The Morgan fingerprint density at radius 2 is 2.42 bits per heavy atom. The van der Waals surface area contributed by atoms with Gasteiger partial charge in [0, 0.05) is 6.54 Å². The number of carbonyl (C=O) groups is 1. The highest BCUT2D eigenvalue weighted by atomic mass is 16.4. The Balaban J connectivity index is 2.35. The number of carboxylic acid groups (broad SMARTS) is 1. The van der Waals surface area contributed by atoms with E-state index in [1.54, 1.807) is 0 Å². The van der Waals surface area contributed by atoms with Crippen molar-refractivity contribution in [3.05, 3.63) is 0 Å². The van der Waals surface area contributed by atoms with E-state index in [1.165, 1.54) is 0 Å². The molecule has 0 aromatic rings. The van der Waals surface area contributed by atoms with Gasteiger partial charge in [-0.05, 0) is 32.4 Å². The van der Waals surface area contributed by atoms with Crippen molar-refractivity contribution in [2.24, 2.45) is 5.73 Å². The van der Waals surface area contributed by atoms with Crippen LogP contribution in [0.5, 0.6) is 0 Å². The van der Waals surface area contributed by atoms with Crippen LogP contribution >= 0.6 is 0 Å². The number of hydrogen-bond acceptors (Lipinski definition) is 3. The van der Waals surface area contributed by atoms with E-state index in [-0.39, 0.29) is 6.04 Å². The van der Waals surface area contributed by atoms with Crippen LogP contribution in [0.2, 0.25) is 0 Å². The molecule has 0 spiro atoms. The van der Waals surface area contributed by atoms with Gasteiger partial charge in [0.25, 0.3) is 0 Å². The SMILES string of the molecule is NCCCN1CCCC1C(=O)O. The lowest BCUT2D eigenvalue weighted by molar-refractivity contribution is -0.142. The van der Waals surface area contributed by atoms with E-state index in [2.05, 4.69) is 0 Å². The number of nitrogens with zero attached hydrogens (tertiary/aromatic N) is 1. The number of nitrogens with two attached hydrogens (primary N) is 1. The third-order valence-corrected chi connectivity index (χ3v) is 2.30. The van der Waals surface area contributed by atoms with Gasteiger partial charge < -0.3 is 10.8 Å². The molecule has 3 N–H and O–H groups in total. The molecule has 1 unspecified atom stereocenters. The minimum atomic E-state index is -0.690. The molecule has 1 fully saturated rings. The summed E-state index contributed by atoms with van der Waals surface area (Å²) in [5.74, 6) is -0.690. The standard InChI is InChI=1S/C8H16N2O2/c9-4-2-6-10-5-1-3-7(10)8(11)12/h7H,1-6,9H2,(H,11,12). The number of aliphatic carboxylic acids is 1. The van der Waals surface area contributed by atoms with E-state index in [0.29, 0.717) is 6.54 Å². The van der Waals surface area contributed by atoms with Crippen LogP contribution in [-0.4, -0.2) is 41.7 Å². The maximum atomic E-state index is 10.7. The summed E-state index contributed by atoms with van der Waals surface area (Å²) in [4.78, 5) is 12.7. The van der Waals surface area contributed by atoms with Crippen LogP contribution in [-0.2, 0) is 4.79 Å². The number of carboxylic acids is 1. The average molecular weight is 172 g/mol. The van der Waals surface area contributed by atoms with Crippen molar-refractivity contribution < 1.29 is 9.90 Å². The first-order chi connectivity index (χ1) is 5.75. The molecular formula is C8H16N2O2. The van der Waals surface area contributed by atoms with Crippen molar-refractivity contribution >= 4 is 5.97 Å². The van der Waals surface area contributed by atoms with Crippen LogP contribution in [0, 0.1) is 0 Å². The molecule has 1 rings (SSSR count). The Labute approximate surface area is 72.3 Å². The molecule has 70 valence electrons. The largest absolute Gasteiger partial charge is 0.480 e. The first kappa shape index (κ1) is 9.48. The zero-order chi connectivity index (χ0) is 8.97. The van der Waals surface area contributed by atoms with Crippen LogP contribution in [0.3, 0.4) is 0 Å². The van der Waals surface area contributed by atoms with Crippen molar-refractivity contribution in [3.63, 3.8) is 0 Å². The molecule has 0 aromatic carbocycles. The Kier molecular flexibility index (Phi) is 3.49. The zero-order valence-corrected chi connectivity index (χ0v) is 7.20. The monoisotopic (exact) mass is 172 g/mol. The van der Waals surface area contributed by atoms with E-state index in [1.807, 2.05) is 4.90 Å². The maximum Gasteiger partial charge on any atom is 0.320 e. The van der Waals surface area contributed by atoms with Crippen molar-refractivity contribution in [3.8, 4) is 0 Å². The third-order valence-electron chi connectivity index (χ3n) is 2.30. The van der Waals surface area contributed by atoms with Crippen LogP contribution in [0.4, 0.5) is 0 Å². The van der Waals surface area contributed by atoms with E-state index in [0.717, 1.165) is 32.4 Å². The highest BCUT2D eigenvalue weighted by Gasteiger charge is 2.29. The summed E-state index contributed by atoms with van der Waals surface area (Å²) < 4.78 is 0. The van der Waals surface area contributed by atoms with E-state index >= 15 is 0 Å². The van der Waals surface area contributed by atoms with Crippen LogP contribution in [0.1, 0.15) is 19.3 Å². The lowest BCUT2D eigenvalue weighted by atomic mass is 10.2. The first-order valence-corrected chi connectivity index (χ1v) is 4.42. The van der Waals surface area contributed by atoms with Gasteiger partial charge >= 0.3 is 5.97 Å². The zero-order valence-electron chi connectivity index (χ0n) is 7.20. The summed E-state index contributed by atoms with van der Waals surface area (Å²) in [5, 5.41) is 8.81. The highest BCUT2D eigenvalue weighted by Crippen LogP contribution is 2.16.